The van der Waals surface area contributed by atoms with E-state index >= 15 is 0 Å². The third-order valence-corrected chi connectivity index (χ3v) is 4.83. The van der Waals surface area contributed by atoms with Gasteiger partial charge in [0.25, 0.3) is 0 Å². The highest BCUT2D eigenvalue weighted by Gasteiger charge is 2.07. The Hall–Kier alpha value is -3.13. The van der Waals surface area contributed by atoms with E-state index in [4.69, 9.17) is 4.98 Å². The zero-order valence-electron chi connectivity index (χ0n) is 13.9. The normalized spacial score (nSPS) is 15.4. The van der Waals surface area contributed by atoms with Crippen LogP contribution in [0.1, 0.15) is 18.4 Å². The maximum Gasteiger partial charge on any atom is 0.138 e. The third-order valence-electron chi connectivity index (χ3n) is 4.83. The lowest BCUT2D eigenvalue weighted by molar-refractivity contribution is 1.06. The molecule has 2 aromatic heterocycles. The molecule has 25 heavy (non-hydrogen) atoms. The molecule has 0 unspecified atom stereocenters. The van der Waals surface area contributed by atoms with E-state index in [0.29, 0.717) is 0 Å². The number of rotatable bonds is 1. The van der Waals surface area contributed by atoms with Crippen LogP contribution in [0.2, 0.25) is 0 Å². The number of aromatic nitrogens is 2. The second kappa shape index (κ2) is 5.75. The molecule has 0 spiro atoms. The van der Waals surface area contributed by atoms with Gasteiger partial charge in [0.15, 0.2) is 0 Å². The lowest BCUT2D eigenvalue weighted by Gasteiger charge is -2.00. The maximum absolute atomic E-state index is 4.91. The lowest BCUT2D eigenvalue weighted by atomic mass is 10.1. The molecule has 5 rings (SSSR count). The standard InChI is InChI=1S/C23H18N2/c1-3-8-17(9-4-1)19-11-7-13-22-20(16-19)24-23-15-14-18-10-5-2-6-12-21(18)25(22)23/h1-4,6,8-16H,5,7H2. The molecular formula is C23H18N2. The van der Waals surface area contributed by atoms with E-state index in [9.17, 15) is 0 Å². The minimum Gasteiger partial charge on any atom is -0.293 e. The van der Waals surface area contributed by atoms with Crippen molar-refractivity contribution in [2.45, 2.75) is 12.8 Å². The maximum atomic E-state index is 4.91. The van der Waals surface area contributed by atoms with E-state index < -0.39 is 0 Å². The van der Waals surface area contributed by atoms with Gasteiger partial charge in [-0.05, 0) is 53.5 Å². The summed E-state index contributed by atoms with van der Waals surface area (Å²) in [6, 6.07) is 14.8. The Labute approximate surface area is 145 Å². The van der Waals surface area contributed by atoms with Crippen LogP contribution in [0.4, 0.5) is 0 Å². The summed E-state index contributed by atoms with van der Waals surface area (Å²) in [5.41, 5.74) is 3.48. The Balaban J connectivity index is 1.85. The van der Waals surface area contributed by atoms with Crippen molar-refractivity contribution in [3.8, 4) is 0 Å². The smallest absolute Gasteiger partial charge is 0.138 e. The van der Waals surface area contributed by atoms with Gasteiger partial charge in [0, 0.05) is 0 Å². The summed E-state index contributed by atoms with van der Waals surface area (Å²) in [6.07, 6.45) is 17.4. The van der Waals surface area contributed by atoms with E-state index in [1.54, 1.807) is 0 Å². The SMILES string of the molecule is C1=CCC=c2ccc3nc4c(n3c2=C1)=CCC=C(c1ccccc1)C=4. The molecule has 2 nitrogen and oxygen atoms in total. The first-order valence-electron chi connectivity index (χ1n) is 8.72. The first kappa shape index (κ1) is 14.2. The molecule has 0 N–H and O–H groups in total. The monoisotopic (exact) mass is 322 g/mol. The Morgan fingerprint density at radius 2 is 1.76 bits per heavy atom. The first-order chi connectivity index (χ1) is 12.4. The number of pyridine rings is 1. The quantitative estimate of drug-likeness (QED) is 0.669. The topological polar surface area (TPSA) is 17.3 Å². The zero-order chi connectivity index (χ0) is 16.6. The Morgan fingerprint density at radius 3 is 2.68 bits per heavy atom. The molecule has 2 aliphatic rings. The summed E-state index contributed by atoms with van der Waals surface area (Å²) in [7, 11) is 0. The van der Waals surface area contributed by atoms with Gasteiger partial charge >= 0.3 is 0 Å². The lowest BCUT2D eigenvalue weighted by Crippen LogP contribution is -2.39. The van der Waals surface area contributed by atoms with Crippen molar-refractivity contribution in [3.05, 3.63) is 87.5 Å². The molecule has 2 aliphatic carbocycles. The fraction of sp³-hybridized carbons (Fsp3) is 0.0870. The summed E-state index contributed by atoms with van der Waals surface area (Å²) < 4.78 is 2.29. The second-order valence-electron chi connectivity index (χ2n) is 6.39. The zero-order valence-corrected chi connectivity index (χ0v) is 13.9. The molecule has 0 radical (unpaired) electrons. The van der Waals surface area contributed by atoms with Crippen LogP contribution in [0.5, 0.6) is 0 Å². The summed E-state index contributed by atoms with van der Waals surface area (Å²) in [5, 5.41) is 4.72. The molecule has 0 bridgehead atoms. The van der Waals surface area contributed by atoms with Crippen molar-refractivity contribution >= 4 is 35.5 Å². The fourth-order valence-corrected chi connectivity index (χ4v) is 3.63. The highest BCUT2D eigenvalue weighted by Crippen LogP contribution is 2.17. The summed E-state index contributed by atoms with van der Waals surface area (Å²) in [5.74, 6) is 0. The van der Waals surface area contributed by atoms with Gasteiger partial charge in [0.1, 0.15) is 5.65 Å². The van der Waals surface area contributed by atoms with Crippen molar-refractivity contribution in [2.75, 3.05) is 0 Å². The number of benzene rings is 1. The fourth-order valence-electron chi connectivity index (χ4n) is 3.63. The van der Waals surface area contributed by atoms with E-state index in [-0.39, 0.29) is 0 Å². The van der Waals surface area contributed by atoms with Crippen LogP contribution >= 0.6 is 0 Å². The minimum absolute atomic E-state index is 0.907. The van der Waals surface area contributed by atoms with E-state index in [2.05, 4.69) is 89.4 Å². The van der Waals surface area contributed by atoms with Gasteiger partial charge in [-0.15, -0.1) is 0 Å². The van der Waals surface area contributed by atoms with Gasteiger partial charge < -0.3 is 0 Å². The molecule has 0 fully saturated rings. The van der Waals surface area contributed by atoms with Gasteiger partial charge in [0.2, 0.25) is 0 Å². The van der Waals surface area contributed by atoms with Crippen molar-refractivity contribution in [1.82, 2.24) is 9.38 Å². The second-order valence-corrected chi connectivity index (χ2v) is 6.39. The van der Waals surface area contributed by atoms with Crippen molar-refractivity contribution < 1.29 is 0 Å². The summed E-state index contributed by atoms with van der Waals surface area (Å²) in [4.78, 5) is 4.91. The van der Waals surface area contributed by atoms with Crippen LogP contribution in [0.15, 0.2) is 60.7 Å². The third kappa shape index (κ3) is 2.38. The predicted molar refractivity (Wildman–Crippen MR) is 104 cm³/mol. The number of allylic oxidation sites excluding steroid dienone is 4. The number of hydrogen-bond donors (Lipinski definition) is 0. The van der Waals surface area contributed by atoms with Crippen LogP contribution in [-0.2, 0) is 0 Å². The molecule has 3 aromatic rings. The average molecular weight is 322 g/mol. The van der Waals surface area contributed by atoms with Crippen molar-refractivity contribution in [3.63, 3.8) is 0 Å². The Kier molecular flexibility index (Phi) is 3.27. The van der Waals surface area contributed by atoms with Gasteiger partial charge in [-0.1, -0.05) is 60.7 Å². The first-order valence-corrected chi connectivity index (χ1v) is 8.72. The van der Waals surface area contributed by atoms with Gasteiger partial charge in [-0.2, -0.15) is 0 Å². The minimum atomic E-state index is 0.907. The largest absolute Gasteiger partial charge is 0.293 e. The summed E-state index contributed by atoms with van der Waals surface area (Å²) >= 11 is 0. The van der Waals surface area contributed by atoms with Crippen LogP contribution in [0.3, 0.4) is 0 Å². The van der Waals surface area contributed by atoms with Crippen LogP contribution in [0, 0.1) is 0 Å². The summed E-state index contributed by atoms with van der Waals surface area (Å²) in [6.45, 7) is 0. The average Bonchev–Trinajstić information content (AvgIpc) is 2.83. The molecule has 2 heterocycles. The molecule has 1 aromatic carbocycles. The van der Waals surface area contributed by atoms with E-state index in [0.717, 1.165) is 23.8 Å². The number of nitrogens with zero attached hydrogens (tertiary/aromatic N) is 2. The van der Waals surface area contributed by atoms with E-state index in [1.807, 2.05) is 0 Å². The number of hydrogen-bond acceptors (Lipinski definition) is 1. The molecule has 0 aliphatic heterocycles. The van der Waals surface area contributed by atoms with Crippen LogP contribution in [0.25, 0.3) is 35.5 Å². The number of imidazole rings is 1. The molecule has 0 atom stereocenters. The van der Waals surface area contributed by atoms with Gasteiger partial charge in [-0.25, -0.2) is 4.98 Å². The van der Waals surface area contributed by atoms with Crippen LogP contribution < -0.4 is 21.3 Å². The predicted octanol–water partition coefficient (Wildman–Crippen LogP) is 1.90. The van der Waals surface area contributed by atoms with Gasteiger partial charge in [0.05, 0.1) is 16.0 Å². The highest BCUT2D eigenvalue weighted by atomic mass is 15.0. The molecule has 0 saturated carbocycles. The molecule has 2 heteroatoms. The Bertz CT molecular complexity index is 1270. The molecule has 0 amide bonds. The van der Waals surface area contributed by atoms with Crippen LogP contribution in [-0.4, -0.2) is 9.38 Å². The van der Waals surface area contributed by atoms with E-state index in [1.165, 1.54) is 27.1 Å². The Morgan fingerprint density at radius 1 is 0.840 bits per heavy atom. The molecule has 0 saturated heterocycles. The van der Waals surface area contributed by atoms with Gasteiger partial charge in [-0.3, -0.25) is 4.40 Å². The number of fused-ring (bicyclic) bond motifs is 5. The molecular weight excluding hydrogens is 304 g/mol. The van der Waals surface area contributed by atoms with Crippen molar-refractivity contribution in [1.29, 1.82) is 0 Å². The highest BCUT2D eigenvalue weighted by molar-refractivity contribution is 5.89. The van der Waals surface area contributed by atoms with Crippen molar-refractivity contribution in [2.24, 2.45) is 0 Å². The molecule has 120 valence electrons.